The van der Waals surface area contributed by atoms with E-state index in [-0.39, 0.29) is 23.5 Å². The summed E-state index contributed by atoms with van der Waals surface area (Å²) in [4.78, 5) is 37.2. The predicted molar refractivity (Wildman–Crippen MR) is 131 cm³/mol. The SMILES string of the molecule is CN(c1nc2cc(C(=O)O)ccc2nc1-c1ccc(F)cc1)C1CCN(C(=O)OC(C)(C)C)CC1. The van der Waals surface area contributed by atoms with Crippen molar-refractivity contribution in [2.45, 2.75) is 45.3 Å². The topological polar surface area (TPSA) is 95.9 Å². The third kappa shape index (κ3) is 5.50. The second-order valence-electron chi connectivity index (χ2n) is 9.72. The lowest BCUT2D eigenvalue weighted by Gasteiger charge is -2.38. The minimum atomic E-state index is -1.04. The van der Waals surface area contributed by atoms with Crippen LogP contribution in [0.25, 0.3) is 22.3 Å². The number of carboxylic acids is 1. The Labute approximate surface area is 203 Å². The number of piperidine rings is 1. The second kappa shape index (κ2) is 9.48. The normalized spacial score (nSPS) is 14.7. The second-order valence-corrected chi connectivity index (χ2v) is 9.72. The zero-order chi connectivity index (χ0) is 25.3. The minimum Gasteiger partial charge on any atom is -0.478 e. The number of amides is 1. The van der Waals surface area contributed by atoms with Crippen molar-refractivity contribution in [1.29, 1.82) is 0 Å². The number of anilines is 1. The molecule has 2 heterocycles. The van der Waals surface area contributed by atoms with E-state index >= 15 is 0 Å². The maximum absolute atomic E-state index is 13.6. The quantitative estimate of drug-likeness (QED) is 0.563. The van der Waals surface area contributed by atoms with Crippen molar-refractivity contribution >= 4 is 28.9 Å². The molecule has 0 radical (unpaired) electrons. The van der Waals surface area contributed by atoms with Crippen LogP contribution >= 0.6 is 0 Å². The van der Waals surface area contributed by atoms with Crippen molar-refractivity contribution in [2.75, 3.05) is 25.0 Å². The molecule has 0 atom stereocenters. The van der Waals surface area contributed by atoms with Gasteiger partial charge in [-0.1, -0.05) is 0 Å². The lowest BCUT2D eigenvalue weighted by Crippen LogP contribution is -2.47. The van der Waals surface area contributed by atoms with E-state index in [9.17, 15) is 19.1 Å². The van der Waals surface area contributed by atoms with Crippen molar-refractivity contribution in [3.8, 4) is 11.3 Å². The van der Waals surface area contributed by atoms with Crippen molar-refractivity contribution in [1.82, 2.24) is 14.9 Å². The molecule has 1 N–H and O–H groups in total. The monoisotopic (exact) mass is 480 g/mol. The zero-order valence-electron chi connectivity index (χ0n) is 20.3. The summed E-state index contributed by atoms with van der Waals surface area (Å²) in [5.74, 6) is -0.818. The molecule has 35 heavy (non-hydrogen) atoms. The molecule has 184 valence electrons. The van der Waals surface area contributed by atoms with Gasteiger partial charge in [-0.25, -0.2) is 23.9 Å². The fraction of sp³-hybridized carbons (Fsp3) is 0.385. The van der Waals surface area contributed by atoms with Crippen LogP contribution in [-0.2, 0) is 4.74 Å². The van der Waals surface area contributed by atoms with E-state index < -0.39 is 11.6 Å². The van der Waals surface area contributed by atoms with E-state index in [1.54, 1.807) is 23.1 Å². The highest BCUT2D eigenvalue weighted by Crippen LogP contribution is 2.32. The number of halogens is 1. The van der Waals surface area contributed by atoms with Crippen LogP contribution in [-0.4, -0.2) is 63.8 Å². The maximum atomic E-state index is 13.6. The first-order valence-electron chi connectivity index (χ1n) is 11.5. The number of hydrogen-bond donors (Lipinski definition) is 1. The molecule has 1 aromatic heterocycles. The van der Waals surface area contributed by atoms with Gasteiger partial charge in [0.1, 0.15) is 17.1 Å². The average Bonchev–Trinajstić information content (AvgIpc) is 2.82. The number of aromatic nitrogens is 2. The van der Waals surface area contributed by atoms with Crippen LogP contribution in [0.4, 0.5) is 15.0 Å². The number of ether oxygens (including phenoxy) is 1. The fourth-order valence-electron chi connectivity index (χ4n) is 4.16. The van der Waals surface area contributed by atoms with Gasteiger partial charge in [0.05, 0.1) is 16.6 Å². The molecule has 1 fully saturated rings. The van der Waals surface area contributed by atoms with E-state index in [0.717, 1.165) is 0 Å². The largest absolute Gasteiger partial charge is 0.478 e. The number of carboxylic acid groups (broad SMARTS) is 1. The maximum Gasteiger partial charge on any atom is 0.410 e. The number of carbonyl (C=O) groups is 2. The van der Waals surface area contributed by atoms with Crippen molar-refractivity contribution in [3.63, 3.8) is 0 Å². The first-order valence-corrected chi connectivity index (χ1v) is 11.5. The zero-order valence-corrected chi connectivity index (χ0v) is 20.3. The van der Waals surface area contributed by atoms with Crippen molar-refractivity contribution in [2.24, 2.45) is 0 Å². The van der Waals surface area contributed by atoms with Crippen molar-refractivity contribution < 1.29 is 23.8 Å². The van der Waals surface area contributed by atoms with E-state index in [2.05, 4.69) is 0 Å². The Hall–Kier alpha value is -3.75. The van der Waals surface area contributed by atoms with E-state index in [1.165, 1.54) is 24.3 Å². The Morgan fingerprint density at radius 2 is 1.71 bits per heavy atom. The summed E-state index contributed by atoms with van der Waals surface area (Å²) in [6, 6.07) is 10.7. The molecule has 8 nitrogen and oxygen atoms in total. The third-order valence-corrected chi connectivity index (χ3v) is 6.01. The van der Waals surface area contributed by atoms with Crippen LogP contribution in [0, 0.1) is 5.82 Å². The van der Waals surface area contributed by atoms with E-state index in [0.29, 0.717) is 54.0 Å². The predicted octanol–water partition coefficient (Wildman–Crippen LogP) is 4.97. The van der Waals surface area contributed by atoms with Crippen LogP contribution in [0.2, 0.25) is 0 Å². The molecule has 2 aromatic carbocycles. The first kappa shape index (κ1) is 24.4. The molecule has 0 spiro atoms. The molecule has 0 bridgehead atoms. The number of rotatable bonds is 4. The van der Waals surface area contributed by atoms with E-state index in [1.807, 2.05) is 32.7 Å². The Morgan fingerprint density at radius 1 is 1.06 bits per heavy atom. The van der Waals surface area contributed by atoms with Crippen LogP contribution < -0.4 is 4.90 Å². The fourth-order valence-corrected chi connectivity index (χ4v) is 4.16. The number of aromatic carboxylic acids is 1. The first-order chi connectivity index (χ1) is 16.5. The molecule has 1 saturated heterocycles. The number of likely N-dealkylation sites (tertiary alicyclic amines) is 1. The highest BCUT2D eigenvalue weighted by atomic mass is 19.1. The molecular weight excluding hydrogens is 451 g/mol. The van der Waals surface area contributed by atoms with Gasteiger partial charge in [-0.05, 0) is 76.1 Å². The van der Waals surface area contributed by atoms with Gasteiger partial charge in [0.25, 0.3) is 0 Å². The van der Waals surface area contributed by atoms with E-state index in [4.69, 9.17) is 14.7 Å². The van der Waals surface area contributed by atoms with Gasteiger partial charge in [0.2, 0.25) is 0 Å². The number of carbonyl (C=O) groups excluding carboxylic acids is 1. The Kier molecular flexibility index (Phi) is 6.60. The molecular formula is C26H29FN4O4. The summed E-state index contributed by atoms with van der Waals surface area (Å²) in [6.07, 6.45) is 1.08. The molecule has 1 amide bonds. The van der Waals surface area contributed by atoms with Crippen LogP contribution in [0.3, 0.4) is 0 Å². The van der Waals surface area contributed by atoms with Gasteiger partial charge in [-0.15, -0.1) is 0 Å². The Bertz CT molecular complexity index is 1250. The molecule has 1 aliphatic heterocycles. The Balaban J connectivity index is 1.65. The Morgan fingerprint density at radius 3 is 2.31 bits per heavy atom. The number of fused-ring (bicyclic) bond motifs is 1. The molecule has 4 rings (SSSR count). The summed E-state index contributed by atoms with van der Waals surface area (Å²) in [5, 5.41) is 9.39. The number of nitrogens with zero attached hydrogens (tertiary/aromatic N) is 4. The van der Waals surface area contributed by atoms with Crippen LogP contribution in [0.15, 0.2) is 42.5 Å². The van der Waals surface area contributed by atoms with Gasteiger partial charge in [0, 0.05) is 31.7 Å². The van der Waals surface area contributed by atoms with Crippen molar-refractivity contribution in [3.05, 3.63) is 53.8 Å². The van der Waals surface area contributed by atoms with Gasteiger partial charge in [0.15, 0.2) is 5.82 Å². The molecule has 1 aliphatic rings. The standard InChI is InChI=1S/C26H29FN4O4/c1-26(2,3)35-25(34)31-13-11-19(12-14-31)30(4)23-22(16-5-8-18(27)9-6-16)28-20-10-7-17(24(32)33)15-21(20)29-23/h5-10,15,19H,11-14H2,1-4H3,(H,32,33). The number of benzene rings is 2. The molecule has 0 saturated carbocycles. The number of hydrogen-bond acceptors (Lipinski definition) is 6. The summed E-state index contributed by atoms with van der Waals surface area (Å²) in [7, 11) is 1.91. The van der Waals surface area contributed by atoms with Gasteiger partial charge in [-0.3, -0.25) is 0 Å². The summed E-state index contributed by atoms with van der Waals surface area (Å²) in [6.45, 7) is 6.61. The highest BCUT2D eigenvalue weighted by Gasteiger charge is 2.30. The molecule has 9 heteroatoms. The average molecular weight is 481 g/mol. The molecule has 3 aromatic rings. The van der Waals surface area contributed by atoms with Gasteiger partial charge >= 0.3 is 12.1 Å². The summed E-state index contributed by atoms with van der Waals surface area (Å²) >= 11 is 0. The van der Waals surface area contributed by atoms with Crippen LogP contribution in [0.1, 0.15) is 44.0 Å². The highest BCUT2D eigenvalue weighted by molar-refractivity contribution is 5.93. The van der Waals surface area contributed by atoms with Gasteiger partial charge < -0.3 is 19.6 Å². The van der Waals surface area contributed by atoms with Gasteiger partial charge in [-0.2, -0.15) is 0 Å². The summed E-state index contributed by atoms with van der Waals surface area (Å²) in [5.41, 5.74) is 1.87. The molecule has 0 unspecified atom stereocenters. The minimum absolute atomic E-state index is 0.0716. The summed E-state index contributed by atoms with van der Waals surface area (Å²) < 4.78 is 19.1. The van der Waals surface area contributed by atoms with Crippen LogP contribution in [0.5, 0.6) is 0 Å². The lowest BCUT2D eigenvalue weighted by atomic mass is 10.0. The smallest absolute Gasteiger partial charge is 0.410 e. The lowest BCUT2D eigenvalue weighted by molar-refractivity contribution is 0.0205. The molecule has 0 aliphatic carbocycles. The third-order valence-electron chi connectivity index (χ3n) is 6.01.